The summed E-state index contributed by atoms with van der Waals surface area (Å²) < 4.78 is 5.39. The van der Waals surface area contributed by atoms with Gasteiger partial charge < -0.3 is 10.2 Å². The van der Waals surface area contributed by atoms with Crippen LogP contribution in [0.2, 0.25) is 0 Å². The van der Waals surface area contributed by atoms with Crippen LogP contribution in [0.4, 0.5) is 0 Å². The van der Waals surface area contributed by atoms with Gasteiger partial charge in [-0.05, 0) is 22.4 Å². The second kappa shape index (κ2) is 4.07. The molecule has 0 bridgehead atoms. The Hall–Kier alpha value is -2.06. The summed E-state index contributed by atoms with van der Waals surface area (Å²) in [6, 6.07) is 16.6. The molecule has 0 aliphatic carbocycles. The lowest BCUT2D eigenvalue weighted by Crippen LogP contribution is -1.96. The molecule has 2 nitrogen and oxygen atoms in total. The molecule has 1 aromatic heterocycles. The minimum Gasteiger partial charge on any atom is -0.467 e. The van der Waals surface area contributed by atoms with Crippen molar-refractivity contribution in [1.29, 1.82) is 0 Å². The van der Waals surface area contributed by atoms with Crippen LogP contribution in [0.15, 0.2) is 59.2 Å². The molecule has 0 amide bonds. The third-order valence-electron chi connectivity index (χ3n) is 3.01. The lowest BCUT2D eigenvalue weighted by molar-refractivity contribution is 0.513. The van der Waals surface area contributed by atoms with E-state index < -0.39 is 0 Å². The van der Waals surface area contributed by atoms with E-state index in [9.17, 15) is 0 Å². The normalized spacial score (nSPS) is 10.9. The van der Waals surface area contributed by atoms with Gasteiger partial charge in [0.1, 0.15) is 5.76 Å². The standard InChI is InChI=1S/C15H13NO/c16-10-15-14(8-9-17-15)13-7-3-5-11-4-1-2-6-12(11)13/h1-9H,10,16H2. The van der Waals surface area contributed by atoms with Crippen molar-refractivity contribution in [3.63, 3.8) is 0 Å². The van der Waals surface area contributed by atoms with Crippen LogP contribution in [-0.4, -0.2) is 0 Å². The van der Waals surface area contributed by atoms with E-state index in [1.165, 1.54) is 16.3 Å². The summed E-state index contributed by atoms with van der Waals surface area (Å²) >= 11 is 0. The minimum absolute atomic E-state index is 0.422. The van der Waals surface area contributed by atoms with E-state index in [2.05, 4.69) is 30.3 Å². The van der Waals surface area contributed by atoms with E-state index in [1.54, 1.807) is 6.26 Å². The van der Waals surface area contributed by atoms with E-state index >= 15 is 0 Å². The number of rotatable bonds is 2. The second-order valence-electron chi connectivity index (χ2n) is 3.99. The third-order valence-corrected chi connectivity index (χ3v) is 3.01. The second-order valence-corrected chi connectivity index (χ2v) is 3.99. The van der Waals surface area contributed by atoms with Crippen LogP contribution in [0.3, 0.4) is 0 Å². The highest BCUT2D eigenvalue weighted by Crippen LogP contribution is 2.31. The molecule has 0 unspecified atom stereocenters. The van der Waals surface area contributed by atoms with Gasteiger partial charge in [-0.1, -0.05) is 42.5 Å². The molecule has 3 rings (SSSR count). The predicted molar refractivity (Wildman–Crippen MR) is 69.5 cm³/mol. The van der Waals surface area contributed by atoms with Crippen molar-refractivity contribution in [2.45, 2.75) is 6.54 Å². The Morgan fingerprint density at radius 2 is 1.71 bits per heavy atom. The average Bonchev–Trinajstić information content (AvgIpc) is 2.86. The number of hydrogen-bond acceptors (Lipinski definition) is 2. The fourth-order valence-electron chi connectivity index (χ4n) is 2.20. The Balaban J connectivity index is 2.31. The van der Waals surface area contributed by atoms with Gasteiger partial charge in [-0.3, -0.25) is 0 Å². The molecule has 1 heterocycles. The van der Waals surface area contributed by atoms with Crippen LogP contribution in [0.5, 0.6) is 0 Å². The minimum atomic E-state index is 0.422. The molecule has 2 aromatic carbocycles. The highest BCUT2D eigenvalue weighted by atomic mass is 16.3. The van der Waals surface area contributed by atoms with Gasteiger partial charge in [0.05, 0.1) is 12.8 Å². The topological polar surface area (TPSA) is 39.2 Å². The number of fused-ring (bicyclic) bond motifs is 1. The molecule has 0 spiro atoms. The maximum atomic E-state index is 5.68. The van der Waals surface area contributed by atoms with Crippen molar-refractivity contribution in [3.05, 3.63) is 60.6 Å². The predicted octanol–water partition coefficient (Wildman–Crippen LogP) is 3.56. The summed E-state index contributed by atoms with van der Waals surface area (Å²) in [7, 11) is 0. The number of furan rings is 1. The highest BCUT2D eigenvalue weighted by Gasteiger charge is 2.09. The maximum absolute atomic E-state index is 5.68. The number of hydrogen-bond donors (Lipinski definition) is 1. The Morgan fingerprint density at radius 3 is 2.59 bits per heavy atom. The van der Waals surface area contributed by atoms with Crippen molar-refractivity contribution < 1.29 is 4.42 Å². The number of nitrogens with two attached hydrogens (primary N) is 1. The van der Waals surface area contributed by atoms with Gasteiger partial charge in [0.15, 0.2) is 0 Å². The van der Waals surface area contributed by atoms with Gasteiger partial charge >= 0.3 is 0 Å². The van der Waals surface area contributed by atoms with E-state index in [1.807, 2.05) is 18.2 Å². The van der Waals surface area contributed by atoms with Gasteiger partial charge in [-0.2, -0.15) is 0 Å². The summed E-state index contributed by atoms with van der Waals surface area (Å²) in [4.78, 5) is 0. The Bertz CT molecular complexity index is 649. The molecule has 2 heteroatoms. The molecule has 0 atom stereocenters. The lowest BCUT2D eigenvalue weighted by atomic mass is 9.98. The molecule has 0 saturated carbocycles. The summed E-state index contributed by atoms with van der Waals surface area (Å²) in [6.07, 6.45) is 1.69. The van der Waals surface area contributed by atoms with Crippen LogP contribution < -0.4 is 5.73 Å². The van der Waals surface area contributed by atoms with Gasteiger partial charge in [-0.15, -0.1) is 0 Å². The first-order valence-electron chi connectivity index (χ1n) is 5.65. The maximum Gasteiger partial charge on any atom is 0.125 e. The smallest absolute Gasteiger partial charge is 0.125 e. The monoisotopic (exact) mass is 223 g/mol. The van der Waals surface area contributed by atoms with E-state index in [4.69, 9.17) is 10.2 Å². The summed E-state index contributed by atoms with van der Waals surface area (Å²) in [5, 5.41) is 2.46. The fourth-order valence-corrected chi connectivity index (χ4v) is 2.20. The zero-order valence-electron chi connectivity index (χ0n) is 9.39. The average molecular weight is 223 g/mol. The molecule has 0 fully saturated rings. The first kappa shape index (κ1) is 10.1. The van der Waals surface area contributed by atoms with Crippen LogP contribution in [0, 0.1) is 0 Å². The first-order valence-corrected chi connectivity index (χ1v) is 5.65. The fraction of sp³-hybridized carbons (Fsp3) is 0.0667. The zero-order chi connectivity index (χ0) is 11.7. The molecule has 17 heavy (non-hydrogen) atoms. The molecule has 0 aliphatic rings. The van der Waals surface area contributed by atoms with Crippen LogP contribution in [0.25, 0.3) is 21.9 Å². The van der Waals surface area contributed by atoms with Gasteiger partial charge in [0, 0.05) is 5.56 Å². The van der Waals surface area contributed by atoms with Crippen LogP contribution in [0.1, 0.15) is 5.76 Å². The molecular weight excluding hydrogens is 210 g/mol. The van der Waals surface area contributed by atoms with Crippen molar-refractivity contribution >= 4 is 10.8 Å². The van der Waals surface area contributed by atoms with Crippen molar-refractivity contribution in [1.82, 2.24) is 0 Å². The Morgan fingerprint density at radius 1 is 0.882 bits per heavy atom. The van der Waals surface area contributed by atoms with E-state index in [0.717, 1.165) is 11.3 Å². The van der Waals surface area contributed by atoms with Gasteiger partial charge in [-0.25, -0.2) is 0 Å². The Kier molecular flexibility index (Phi) is 2.42. The Labute approximate surface area is 99.7 Å². The molecule has 3 aromatic rings. The van der Waals surface area contributed by atoms with Crippen molar-refractivity contribution in [2.75, 3.05) is 0 Å². The molecular formula is C15H13NO. The number of benzene rings is 2. The van der Waals surface area contributed by atoms with Gasteiger partial charge in [0.2, 0.25) is 0 Å². The third kappa shape index (κ3) is 1.63. The van der Waals surface area contributed by atoms with Gasteiger partial charge in [0.25, 0.3) is 0 Å². The molecule has 0 radical (unpaired) electrons. The van der Waals surface area contributed by atoms with E-state index in [0.29, 0.717) is 6.54 Å². The summed E-state index contributed by atoms with van der Waals surface area (Å²) in [5.74, 6) is 0.835. The van der Waals surface area contributed by atoms with E-state index in [-0.39, 0.29) is 0 Å². The summed E-state index contributed by atoms with van der Waals surface area (Å²) in [6.45, 7) is 0.422. The quantitative estimate of drug-likeness (QED) is 0.721. The summed E-state index contributed by atoms with van der Waals surface area (Å²) in [5.41, 5.74) is 7.95. The molecule has 0 aliphatic heterocycles. The first-order chi connectivity index (χ1) is 8.40. The molecule has 2 N–H and O–H groups in total. The zero-order valence-corrected chi connectivity index (χ0v) is 9.39. The van der Waals surface area contributed by atoms with Crippen molar-refractivity contribution in [2.24, 2.45) is 5.73 Å². The lowest BCUT2D eigenvalue weighted by Gasteiger charge is -2.05. The van der Waals surface area contributed by atoms with Crippen LogP contribution >= 0.6 is 0 Å². The highest BCUT2D eigenvalue weighted by molar-refractivity contribution is 5.96. The largest absolute Gasteiger partial charge is 0.467 e. The molecule has 0 saturated heterocycles. The van der Waals surface area contributed by atoms with Crippen molar-refractivity contribution in [3.8, 4) is 11.1 Å². The van der Waals surface area contributed by atoms with Crippen LogP contribution in [-0.2, 0) is 6.54 Å². The molecule has 84 valence electrons. The SMILES string of the molecule is NCc1occc1-c1cccc2ccccc12.